The molecule has 0 amide bonds. The van der Waals surface area contributed by atoms with E-state index in [4.69, 9.17) is 18.0 Å². The van der Waals surface area contributed by atoms with E-state index in [0.717, 1.165) is 17.8 Å². The zero-order valence-electron chi connectivity index (χ0n) is 10.9. The number of nitrogens with one attached hydrogen (secondary N) is 1. The van der Waals surface area contributed by atoms with E-state index in [1.165, 1.54) is 0 Å². The molecule has 0 fully saturated rings. The van der Waals surface area contributed by atoms with Gasteiger partial charge in [-0.15, -0.1) is 0 Å². The van der Waals surface area contributed by atoms with Crippen molar-refractivity contribution in [2.24, 2.45) is 12.8 Å². The first-order valence-corrected chi connectivity index (χ1v) is 6.39. The van der Waals surface area contributed by atoms with E-state index in [0.29, 0.717) is 13.0 Å². The average Bonchev–Trinajstić information content (AvgIpc) is 2.78. The highest BCUT2D eigenvalue weighted by Crippen LogP contribution is 2.20. The van der Waals surface area contributed by atoms with Crippen LogP contribution >= 0.6 is 12.2 Å². The Hall–Kier alpha value is -2.02. The number of aromatic nitrogens is 2. The molecule has 0 atom stereocenters. The van der Waals surface area contributed by atoms with Crippen LogP contribution in [0.25, 0.3) is 0 Å². The molecule has 0 spiro atoms. The van der Waals surface area contributed by atoms with Crippen LogP contribution in [-0.4, -0.2) is 21.3 Å². The largest absolute Gasteiger partial charge is 0.389 e. The van der Waals surface area contributed by atoms with E-state index in [2.05, 4.69) is 10.4 Å². The molecule has 0 unspecified atom stereocenters. The van der Waals surface area contributed by atoms with Crippen LogP contribution < -0.4 is 11.1 Å². The third-order valence-corrected chi connectivity index (χ3v) is 3.17. The lowest BCUT2D eigenvalue weighted by molar-refractivity contribution is 0.587. The summed E-state index contributed by atoms with van der Waals surface area (Å²) in [6.07, 6.45) is 2.28. The molecule has 1 aromatic carbocycles. The van der Waals surface area contributed by atoms with E-state index in [1.807, 2.05) is 13.1 Å². The van der Waals surface area contributed by atoms with Crippen molar-refractivity contribution in [3.05, 3.63) is 47.3 Å². The summed E-state index contributed by atoms with van der Waals surface area (Å²) in [6, 6.07) is 4.10. The first-order valence-electron chi connectivity index (χ1n) is 5.98. The van der Waals surface area contributed by atoms with Crippen molar-refractivity contribution < 1.29 is 8.78 Å². The normalized spacial score (nSPS) is 10.6. The summed E-state index contributed by atoms with van der Waals surface area (Å²) in [4.78, 5) is -0.0377. The first kappa shape index (κ1) is 14.4. The molecule has 1 aromatic heterocycles. The lowest BCUT2D eigenvalue weighted by Crippen LogP contribution is -2.13. The Labute approximate surface area is 120 Å². The van der Waals surface area contributed by atoms with Crippen LogP contribution in [0.15, 0.2) is 24.4 Å². The highest BCUT2D eigenvalue weighted by molar-refractivity contribution is 7.80. The van der Waals surface area contributed by atoms with E-state index in [1.54, 1.807) is 10.9 Å². The molecule has 0 radical (unpaired) electrons. The predicted molar refractivity (Wildman–Crippen MR) is 77.6 cm³/mol. The van der Waals surface area contributed by atoms with Crippen molar-refractivity contribution in [3.8, 4) is 0 Å². The molecule has 0 aliphatic carbocycles. The number of nitrogens with zero attached hydrogens (tertiary/aromatic N) is 2. The summed E-state index contributed by atoms with van der Waals surface area (Å²) < 4.78 is 29.3. The fourth-order valence-electron chi connectivity index (χ4n) is 1.85. The van der Waals surface area contributed by atoms with Crippen molar-refractivity contribution in [2.75, 3.05) is 11.9 Å². The highest BCUT2D eigenvalue weighted by Gasteiger charge is 2.12. The Morgan fingerprint density at radius 1 is 1.40 bits per heavy atom. The van der Waals surface area contributed by atoms with Gasteiger partial charge in [-0.05, 0) is 18.2 Å². The summed E-state index contributed by atoms with van der Waals surface area (Å²) in [5, 5.41) is 6.76. The van der Waals surface area contributed by atoms with E-state index in [-0.39, 0.29) is 16.2 Å². The minimum atomic E-state index is -0.710. The minimum absolute atomic E-state index is 0.0377. The van der Waals surface area contributed by atoms with Gasteiger partial charge in [-0.3, -0.25) is 4.68 Å². The summed E-state index contributed by atoms with van der Waals surface area (Å²) in [6.45, 7) is 0.389. The predicted octanol–water partition coefficient (Wildman–Crippen LogP) is 1.99. The zero-order chi connectivity index (χ0) is 14.7. The van der Waals surface area contributed by atoms with Crippen molar-refractivity contribution in [3.63, 3.8) is 0 Å². The van der Waals surface area contributed by atoms with Gasteiger partial charge in [0.25, 0.3) is 0 Å². The lowest BCUT2D eigenvalue weighted by atomic mass is 10.2. The highest BCUT2D eigenvalue weighted by atomic mass is 32.1. The zero-order valence-corrected chi connectivity index (χ0v) is 11.7. The van der Waals surface area contributed by atoms with Crippen molar-refractivity contribution in [1.29, 1.82) is 0 Å². The second-order valence-electron chi connectivity index (χ2n) is 4.30. The lowest BCUT2D eigenvalue weighted by Gasteiger charge is -2.10. The van der Waals surface area contributed by atoms with Crippen LogP contribution in [0.4, 0.5) is 14.5 Å². The van der Waals surface area contributed by atoms with Crippen LogP contribution in [0.1, 0.15) is 11.3 Å². The maximum Gasteiger partial charge on any atom is 0.150 e. The smallest absolute Gasteiger partial charge is 0.150 e. The minimum Gasteiger partial charge on any atom is -0.389 e. The van der Waals surface area contributed by atoms with Gasteiger partial charge in [0.05, 0.1) is 0 Å². The summed E-state index contributed by atoms with van der Waals surface area (Å²) >= 11 is 4.69. The molecule has 4 nitrogen and oxygen atoms in total. The molecule has 2 aromatic rings. The van der Waals surface area contributed by atoms with Gasteiger partial charge in [0, 0.05) is 37.5 Å². The van der Waals surface area contributed by atoms with Gasteiger partial charge in [-0.25, -0.2) is 8.78 Å². The second kappa shape index (κ2) is 5.96. The van der Waals surface area contributed by atoms with Crippen molar-refractivity contribution >= 4 is 22.9 Å². The molecule has 2 rings (SSSR count). The molecule has 20 heavy (non-hydrogen) atoms. The number of thiocarbonyl (C=S) groups is 1. The second-order valence-corrected chi connectivity index (χ2v) is 4.74. The number of rotatable bonds is 5. The van der Waals surface area contributed by atoms with Crippen molar-refractivity contribution in [1.82, 2.24) is 9.78 Å². The van der Waals surface area contributed by atoms with E-state index < -0.39 is 11.6 Å². The summed E-state index contributed by atoms with van der Waals surface area (Å²) in [5.41, 5.74) is 6.32. The molecular formula is C13H14F2N4S. The number of benzene rings is 1. The molecule has 1 heterocycles. The Kier molecular flexibility index (Phi) is 4.29. The monoisotopic (exact) mass is 296 g/mol. The van der Waals surface area contributed by atoms with Gasteiger partial charge >= 0.3 is 0 Å². The Bertz CT molecular complexity index is 616. The maximum absolute atomic E-state index is 13.8. The maximum atomic E-state index is 13.8. The molecule has 0 saturated carbocycles. The number of anilines is 1. The molecule has 3 N–H and O–H groups in total. The van der Waals surface area contributed by atoms with E-state index in [9.17, 15) is 8.78 Å². The molecule has 0 bridgehead atoms. The third kappa shape index (κ3) is 3.11. The molecule has 0 saturated heterocycles. The van der Waals surface area contributed by atoms with Crippen LogP contribution in [-0.2, 0) is 13.5 Å². The number of hydrogen-bond acceptors (Lipinski definition) is 3. The number of aryl methyl sites for hydroxylation is 1. The van der Waals surface area contributed by atoms with Crippen LogP contribution in [0.3, 0.4) is 0 Å². The number of hydrogen-bond donors (Lipinski definition) is 2. The molecular weight excluding hydrogens is 282 g/mol. The molecule has 106 valence electrons. The van der Waals surface area contributed by atoms with Crippen LogP contribution in [0, 0.1) is 11.6 Å². The Morgan fingerprint density at radius 3 is 2.55 bits per heavy atom. The van der Waals surface area contributed by atoms with Gasteiger partial charge in [-0.2, -0.15) is 5.10 Å². The Balaban J connectivity index is 2.06. The van der Waals surface area contributed by atoms with Crippen LogP contribution in [0.2, 0.25) is 0 Å². The van der Waals surface area contributed by atoms with Gasteiger partial charge in [-0.1, -0.05) is 12.2 Å². The summed E-state index contributed by atoms with van der Waals surface area (Å²) in [5.74, 6) is -1.42. The first-order chi connectivity index (χ1) is 9.49. The third-order valence-electron chi connectivity index (χ3n) is 2.93. The van der Waals surface area contributed by atoms with Gasteiger partial charge in [0.15, 0.2) is 0 Å². The number of halogens is 2. The van der Waals surface area contributed by atoms with Gasteiger partial charge in [0.1, 0.15) is 22.3 Å². The Morgan fingerprint density at radius 2 is 2.05 bits per heavy atom. The quantitative estimate of drug-likeness (QED) is 0.829. The van der Waals surface area contributed by atoms with Crippen LogP contribution in [0.5, 0.6) is 0 Å². The van der Waals surface area contributed by atoms with Gasteiger partial charge < -0.3 is 11.1 Å². The molecule has 0 aliphatic heterocycles. The fraction of sp³-hybridized carbons (Fsp3) is 0.231. The SMILES string of the molecule is Cn1nccc1CCNc1c(F)cc(C(N)=S)cc1F. The topological polar surface area (TPSA) is 55.9 Å². The standard InChI is InChI=1S/C13H14F2N4S/c1-19-9(3-5-18-19)2-4-17-12-10(14)6-8(13(16)20)7-11(12)15/h3,5-7,17H,2,4H2,1H3,(H2,16,20). The molecule has 0 aliphatic rings. The summed E-state index contributed by atoms with van der Waals surface area (Å²) in [7, 11) is 1.81. The van der Waals surface area contributed by atoms with E-state index >= 15 is 0 Å². The van der Waals surface area contributed by atoms with Gasteiger partial charge in [0.2, 0.25) is 0 Å². The molecule has 7 heteroatoms. The fourth-order valence-corrected chi connectivity index (χ4v) is 1.96. The average molecular weight is 296 g/mol. The van der Waals surface area contributed by atoms with Crippen molar-refractivity contribution in [2.45, 2.75) is 6.42 Å². The number of nitrogens with two attached hydrogens (primary N) is 1.